The fourth-order valence-electron chi connectivity index (χ4n) is 5.62. The molecule has 1 aliphatic rings. The molecule has 0 saturated carbocycles. The molecule has 4 aromatic rings. The van der Waals surface area contributed by atoms with Crippen LogP contribution < -0.4 is 10.1 Å². The van der Waals surface area contributed by atoms with Gasteiger partial charge in [0.15, 0.2) is 0 Å². The molecule has 39 heavy (non-hydrogen) atoms. The zero-order valence-electron chi connectivity index (χ0n) is 22.7. The van der Waals surface area contributed by atoms with Crippen molar-refractivity contribution in [2.45, 2.75) is 50.5 Å². The van der Waals surface area contributed by atoms with Crippen LogP contribution in [0.5, 0.6) is 5.75 Å². The Balaban J connectivity index is 1.35. The maximum atomic E-state index is 13.4. The lowest BCUT2D eigenvalue weighted by Gasteiger charge is -2.31. The minimum Gasteiger partial charge on any atom is -0.497 e. The summed E-state index contributed by atoms with van der Waals surface area (Å²) in [5.74, 6) is 1.02. The van der Waals surface area contributed by atoms with Crippen LogP contribution in [-0.2, 0) is 21.4 Å². The molecule has 0 unspecified atom stereocenters. The summed E-state index contributed by atoms with van der Waals surface area (Å²) in [6.07, 6.45) is 1.89. The van der Waals surface area contributed by atoms with Crippen molar-refractivity contribution in [2.24, 2.45) is 0 Å². The normalized spacial score (nSPS) is 14.9. The van der Waals surface area contributed by atoms with Gasteiger partial charge in [0.05, 0.1) is 12.0 Å². The number of sulfonamides is 1. The van der Waals surface area contributed by atoms with Gasteiger partial charge < -0.3 is 14.6 Å². The third kappa shape index (κ3) is 5.44. The molecule has 0 atom stereocenters. The number of hydrogen-bond donors (Lipinski definition) is 1. The van der Waals surface area contributed by atoms with Crippen molar-refractivity contribution in [3.8, 4) is 5.75 Å². The highest BCUT2D eigenvalue weighted by Crippen LogP contribution is 2.39. The molecule has 1 saturated heterocycles. The molecule has 5 rings (SSSR count). The van der Waals surface area contributed by atoms with Gasteiger partial charge in [-0.15, -0.1) is 0 Å². The zero-order valence-corrected chi connectivity index (χ0v) is 23.5. The van der Waals surface area contributed by atoms with Crippen LogP contribution in [0.2, 0.25) is 0 Å². The first-order valence-corrected chi connectivity index (χ1v) is 14.9. The third-order valence-electron chi connectivity index (χ3n) is 7.71. The zero-order chi connectivity index (χ0) is 27.6. The van der Waals surface area contributed by atoms with Crippen molar-refractivity contribution >= 4 is 32.5 Å². The Bertz CT molecular complexity index is 1580. The van der Waals surface area contributed by atoms with E-state index in [0.717, 1.165) is 25.1 Å². The van der Waals surface area contributed by atoms with Crippen molar-refractivity contribution in [3.63, 3.8) is 0 Å². The van der Waals surface area contributed by atoms with Gasteiger partial charge in [0.25, 0.3) is 0 Å². The van der Waals surface area contributed by atoms with Crippen LogP contribution in [0.1, 0.15) is 48.9 Å². The van der Waals surface area contributed by atoms with E-state index in [1.165, 1.54) is 27.7 Å². The predicted octanol–water partition coefficient (Wildman–Crippen LogP) is 5.92. The molecule has 0 aliphatic carbocycles. The Labute approximate surface area is 230 Å². The maximum Gasteiger partial charge on any atom is 0.243 e. The highest BCUT2D eigenvalue weighted by molar-refractivity contribution is 7.89. The van der Waals surface area contributed by atoms with Crippen LogP contribution in [0.25, 0.3) is 10.9 Å². The van der Waals surface area contributed by atoms with Gasteiger partial charge in [-0.3, -0.25) is 4.79 Å². The summed E-state index contributed by atoms with van der Waals surface area (Å²) >= 11 is 0. The molecule has 1 aromatic heterocycles. The predicted molar refractivity (Wildman–Crippen MR) is 155 cm³/mol. The molecule has 3 aromatic carbocycles. The second-order valence-electron chi connectivity index (χ2n) is 10.1. The Morgan fingerprint density at radius 1 is 1.00 bits per heavy atom. The monoisotopic (exact) mass is 545 g/mol. The molecule has 1 fully saturated rings. The molecule has 0 spiro atoms. The van der Waals surface area contributed by atoms with Crippen molar-refractivity contribution < 1.29 is 17.9 Å². The van der Waals surface area contributed by atoms with E-state index in [1.807, 2.05) is 12.1 Å². The fourth-order valence-corrected chi connectivity index (χ4v) is 7.09. The summed E-state index contributed by atoms with van der Waals surface area (Å²) in [5, 5.41) is 4.00. The van der Waals surface area contributed by atoms with Gasteiger partial charge in [0.1, 0.15) is 5.75 Å². The second kappa shape index (κ2) is 11.2. The van der Waals surface area contributed by atoms with Gasteiger partial charge in [-0.25, -0.2) is 8.42 Å². The average Bonchev–Trinajstić information content (AvgIpc) is 3.24. The lowest BCUT2D eigenvalue weighted by molar-refractivity contribution is -0.115. The van der Waals surface area contributed by atoms with Crippen LogP contribution in [-0.4, -0.2) is 43.4 Å². The molecule has 1 amide bonds. The van der Waals surface area contributed by atoms with Crippen LogP contribution in [0.3, 0.4) is 0 Å². The Kier molecular flexibility index (Phi) is 7.77. The van der Waals surface area contributed by atoms with Gasteiger partial charge in [-0.2, -0.15) is 4.31 Å². The second-order valence-corrected chi connectivity index (χ2v) is 12.0. The standard InChI is InChI=1S/C31H35N3O4S/c1-4-30(35)32-25-12-14-27(15-13-25)39(36,37)33-18-16-24(17-19-33)31-22(2)34(29-11-6-5-10-28(29)31)21-23-8-7-9-26(20-23)38-3/h5-15,20,24H,4,16-19,21H2,1-3H3,(H,32,35). The average molecular weight is 546 g/mol. The van der Waals surface area contributed by atoms with Crippen LogP contribution in [0.15, 0.2) is 77.7 Å². The number of carbonyl (C=O) groups excluding carboxylic acids is 1. The number of anilines is 1. The Hall–Kier alpha value is -3.62. The minimum absolute atomic E-state index is 0.104. The number of carbonyl (C=O) groups is 1. The first-order chi connectivity index (χ1) is 18.8. The molecule has 0 radical (unpaired) electrons. The highest BCUT2D eigenvalue weighted by atomic mass is 32.2. The van der Waals surface area contributed by atoms with E-state index in [-0.39, 0.29) is 16.7 Å². The summed E-state index contributed by atoms with van der Waals surface area (Å²) in [6, 6.07) is 23.1. The third-order valence-corrected chi connectivity index (χ3v) is 9.63. The molecule has 8 heteroatoms. The van der Waals surface area contributed by atoms with Crippen LogP contribution >= 0.6 is 0 Å². The van der Waals surface area contributed by atoms with Crippen molar-refractivity contribution in [2.75, 3.05) is 25.5 Å². The van der Waals surface area contributed by atoms with E-state index in [9.17, 15) is 13.2 Å². The number of nitrogens with zero attached hydrogens (tertiary/aromatic N) is 2. The molecular formula is C31H35N3O4S. The number of nitrogens with one attached hydrogen (secondary N) is 1. The number of rotatable bonds is 8. The molecule has 0 bridgehead atoms. The number of piperidine rings is 1. The molecule has 1 aliphatic heterocycles. The number of aromatic nitrogens is 1. The van der Waals surface area contributed by atoms with Gasteiger partial charge >= 0.3 is 0 Å². The van der Waals surface area contributed by atoms with Gasteiger partial charge in [-0.05, 0) is 79.3 Å². The van der Waals surface area contributed by atoms with E-state index in [2.05, 4.69) is 53.2 Å². The van der Waals surface area contributed by atoms with E-state index >= 15 is 0 Å². The van der Waals surface area contributed by atoms with E-state index < -0.39 is 10.0 Å². The quantitative estimate of drug-likeness (QED) is 0.298. The lowest BCUT2D eigenvalue weighted by atomic mass is 9.88. The van der Waals surface area contributed by atoms with Crippen molar-refractivity contribution in [3.05, 3.63) is 89.6 Å². The largest absolute Gasteiger partial charge is 0.497 e. The summed E-state index contributed by atoms with van der Waals surface area (Å²) < 4.78 is 36.1. The van der Waals surface area contributed by atoms with E-state index in [1.54, 1.807) is 42.6 Å². The van der Waals surface area contributed by atoms with Gasteiger partial charge in [0, 0.05) is 48.3 Å². The van der Waals surface area contributed by atoms with Gasteiger partial charge in [-0.1, -0.05) is 37.3 Å². The Morgan fingerprint density at radius 3 is 2.41 bits per heavy atom. The molecule has 7 nitrogen and oxygen atoms in total. The number of methoxy groups -OCH3 is 1. The molecular weight excluding hydrogens is 510 g/mol. The first-order valence-electron chi connectivity index (χ1n) is 13.4. The molecule has 204 valence electrons. The molecule has 1 N–H and O–H groups in total. The molecule has 2 heterocycles. The maximum absolute atomic E-state index is 13.4. The summed E-state index contributed by atoms with van der Waals surface area (Å²) in [4.78, 5) is 11.9. The van der Waals surface area contributed by atoms with E-state index in [0.29, 0.717) is 25.2 Å². The van der Waals surface area contributed by atoms with Crippen molar-refractivity contribution in [1.29, 1.82) is 0 Å². The Morgan fingerprint density at radius 2 is 1.72 bits per heavy atom. The summed E-state index contributed by atoms with van der Waals surface area (Å²) in [7, 11) is -1.93. The smallest absolute Gasteiger partial charge is 0.243 e. The number of hydrogen-bond acceptors (Lipinski definition) is 4. The topological polar surface area (TPSA) is 80.6 Å². The SMILES string of the molecule is CCC(=O)Nc1ccc(S(=O)(=O)N2CCC(c3c(C)n(Cc4cccc(OC)c4)c4ccccc34)CC2)cc1. The first kappa shape index (κ1) is 27.0. The highest BCUT2D eigenvalue weighted by Gasteiger charge is 2.32. The lowest BCUT2D eigenvalue weighted by Crippen LogP contribution is -2.38. The number of fused-ring (bicyclic) bond motifs is 1. The van der Waals surface area contributed by atoms with Crippen molar-refractivity contribution in [1.82, 2.24) is 8.87 Å². The number of ether oxygens (including phenoxy) is 1. The number of benzene rings is 3. The summed E-state index contributed by atoms with van der Waals surface area (Å²) in [5.41, 5.74) is 5.51. The number of amides is 1. The number of para-hydroxylation sites is 1. The van der Waals surface area contributed by atoms with Crippen LogP contribution in [0.4, 0.5) is 5.69 Å². The summed E-state index contributed by atoms with van der Waals surface area (Å²) in [6.45, 7) is 5.63. The van der Waals surface area contributed by atoms with E-state index in [4.69, 9.17) is 4.74 Å². The van der Waals surface area contributed by atoms with Crippen LogP contribution in [0, 0.1) is 6.92 Å². The van der Waals surface area contributed by atoms with Gasteiger partial charge in [0.2, 0.25) is 15.9 Å². The minimum atomic E-state index is -3.61. The fraction of sp³-hybridized carbons (Fsp3) is 0.323.